The van der Waals surface area contributed by atoms with E-state index in [9.17, 15) is 0 Å². The van der Waals surface area contributed by atoms with Gasteiger partial charge in [0.1, 0.15) is 0 Å². The highest BCUT2D eigenvalue weighted by molar-refractivity contribution is 5.10. The van der Waals surface area contributed by atoms with Crippen LogP contribution in [0.3, 0.4) is 0 Å². The zero-order valence-electron chi connectivity index (χ0n) is 13.6. The molecular formula is C17H29N3. The van der Waals surface area contributed by atoms with Crippen LogP contribution in [0.25, 0.3) is 0 Å². The number of rotatable bonds is 4. The first kappa shape index (κ1) is 15.5. The standard InChI is InChI=1S/C17H29N3/c1-13-7-6-8-14(19-13)12-20(5)16-11-17(2,3)10-9-15(16)18-4/h6-8,15-16,18H,9-12H2,1-5H3. The van der Waals surface area contributed by atoms with Gasteiger partial charge in [-0.15, -0.1) is 0 Å². The van der Waals surface area contributed by atoms with Crippen LogP contribution in [0, 0.1) is 12.3 Å². The molecule has 20 heavy (non-hydrogen) atoms. The molecule has 3 nitrogen and oxygen atoms in total. The minimum atomic E-state index is 0.451. The Morgan fingerprint density at radius 1 is 1.40 bits per heavy atom. The Kier molecular flexibility index (Phi) is 4.82. The van der Waals surface area contributed by atoms with E-state index in [1.807, 2.05) is 0 Å². The maximum Gasteiger partial charge on any atom is 0.0547 e. The molecule has 1 aliphatic rings. The van der Waals surface area contributed by atoms with Crippen LogP contribution in [-0.2, 0) is 6.54 Å². The summed E-state index contributed by atoms with van der Waals surface area (Å²) >= 11 is 0. The van der Waals surface area contributed by atoms with Gasteiger partial charge in [0.15, 0.2) is 0 Å². The summed E-state index contributed by atoms with van der Waals surface area (Å²) in [6.45, 7) is 7.78. The van der Waals surface area contributed by atoms with Gasteiger partial charge in [0, 0.05) is 24.3 Å². The van der Waals surface area contributed by atoms with Gasteiger partial charge >= 0.3 is 0 Å². The predicted octanol–water partition coefficient (Wildman–Crippen LogP) is 2.99. The average Bonchev–Trinajstić information content (AvgIpc) is 2.37. The minimum Gasteiger partial charge on any atom is -0.315 e. The van der Waals surface area contributed by atoms with Crippen LogP contribution < -0.4 is 5.32 Å². The second kappa shape index (κ2) is 6.23. The Labute approximate surface area is 123 Å². The quantitative estimate of drug-likeness (QED) is 0.915. The van der Waals surface area contributed by atoms with E-state index in [0.29, 0.717) is 17.5 Å². The van der Waals surface area contributed by atoms with Gasteiger partial charge < -0.3 is 5.32 Å². The lowest BCUT2D eigenvalue weighted by Gasteiger charge is -2.44. The van der Waals surface area contributed by atoms with Crippen molar-refractivity contribution in [2.45, 2.75) is 58.7 Å². The van der Waals surface area contributed by atoms with Crippen molar-refractivity contribution in [3.05, 3.63) is 29.6 Å². The molecule has 2 rings (SSSR count). The van der Waals surface area contributed by atoms with Crippen molar-refractivity contribution < 1.29 is 0 Å². The number of aromatic nitrogens is 1. The number of nitrogens with one attached hydrogen (secondary N) is 1. The minimum absolute atomic E-state index is 0.451. The molecule has 0 saturated heterocycles. The third-order valence-electron chi connectivity index (χ3n) is 4.65. The van der Waals surface area contributed by atoms with Gasteiger partial charge in [-0.05, 0) is 57.8 Å². The van der Waals surface area contributed by atoms with E-state index in [-0.39, 0.29) is 0 Å². The van der Waals surface area contributed by atoms with Crippen LogP contribution >= 0.6 is 0 Å². The normalized spacial score (nSPS) is 25.9. The van der Waals surface area contributed by atoms with Gasteiger partial charge in [0.2, 0.25) is 0 Å². The number of hydrogen-bond acceptors (Lipinski definition) is 3. The molecule has 0 aromatic carbocycles. The van der Waals surface area contributed by atoms with E-state index in [0.717, 1.165) is 12.2 Å². The number of hydrogen-bond donors (Lipinski definition) is 1. The smallest absolute Gasteiger partial charge is 0.0547 e. The van der Waals surface area contributed by atoms with Gasteiger partial charge in [-0.1, -0.05) is 19.9 Å². The van der Waals surface area contributed by atoms with Crippen LogP contribution in [0.15, 0.2) is 18.2 Å². The van der Waals surface area contributed by atoms with E-state index in [1.165, 1.54) is 25.0 Å². The van der Waals surface area contributed by atoms with Gasteiger partial charge in [0.05, 0.1) is 5.69 Å². The molecule has 1 saturated carbocycles. The molecule has 0 radical (unpaired) electrons. The number of likely N-dealkylation sites (N-methyl/N-ethyl adjacent to an activating group) is 2. The van der Waals surface area contributed by atoms with Crippen LogP contribution in [0.5, 0.6) is 0 Å². The SMILES string of the molecule is CNC1CCC(C)(C)CC1N(C)Cc1cccc(C)n1. The van der Waals surface area contributed by atoms with E-state index in [4.69, 9.17) is 0 Å². The van der Waals surface area contributed by atoms with Crippen LogP contribution in [-0.4, -0.2) is 36.1 Å². The first-order valence-electron chi connectivity index (χ1n) is 7.71. The molecule has 0 aliphatic heterocycles. The molecule has 2 unspecified atom stereocenters. The summed E-state index contributed by atoms with van der Waals surface area (Å²) in [7, 11) is 4.33. The molecule has 1 aromatic heterocycles. The first-order chi connectivity index (χ1) is 9.41. The van der Waals surface area contributed by atoms with Gasteiger partial charge in [-0.2, -0.15) is 0 Å². The van der Waals surface area contributed by atoms with Crippen molar-refractivity contribution >= 4 is 0 Å². The number of nitrogens with zero attached hydrogens (tertiary/aromatic N) is 2. The van der Waals surface area contributed by atoms with Crippen molar-refractivity contribution in [2.24, 2.45) is 5.41 Å². The zero-order valence-corrected chi connectivity index (χ0v) is 13.6. The lowest BCUT2D eigenvalue weighted by atomic mass is 9.72. The highest BCUT2D eigenvalue weighted by Crippen LogP contribution is 2.37. The monoisotopic (exact) mass is 275 g/mol. The molecule has 0 spiro atoms. The van der Waals surface area contributed by atoms with Crippen molar-refractivity contribution in [1.29, 1.82) is 0 Å². The topological polar surface area (TPSA) is 28.2 Å². The molecule has 1 aliphatic carbocycles. The fraction of sp³-hybridized carbons (Fsp3) is 0.706. The zero-order chi connectivity index (χ0) is 14.8. The summed E-state index contributed by atoms with van der Waals surface area (Å²) in [6, 6.07) is 7.48. The van der Waals surface area contributed by atoms with Gasteiger partial charge in [0.25, 0.3) is 0 Å². The Balaban J connectivity index is 2.07. The fourth-order valence-electron chi connectivity index (χ4n) is 3.41. The van der Waals surface area contributed by atoms with Crippen LogP contribution in [0.4, 0.5) is 0 Å². The van der Waals surface area contributed by atoms with Crippen molar-refractivity contribution in [3.8, 4) is 0 Å². The third kappa shape index (κ3) is 3.80. The average molecular weight is 275 g/mol. The second-order valence-corrected chi connectivity index (χ2v) is 7.05. The summed E-state index contributed by atoms with van der Waals surface area (Å²) < 4.78 is 0. The van der Waals surface area contributed by atoms with Gasteiger partial charge in [-0.25, -0.2) is 0 Å². The molecule has 1 heterocycles. The van der Waals surface area contributed by atoms with E-state index in [2.05, 4.69) is 68.3 Å². The molecular weight excluding hydrogens is 246 g/mol. The molecule has 1 fully saturated rings. The van der Waals surface area contributed by atoms with Gasteiger partial charge in [-0.3, -0.25) is 9.88 Å². The van der Waals surface area contributed by atoms with Crippen molar-refractivity contribution in [1.82, 2.24) is 15.2 Å². The maximum absolute atomic E-state index is 4.63. The van der Waals surface area contributed by atoms with E-state index < -0.39 is 0 Å². The van der Waals surface area contributed by atoms with Crippen molar-refractivity contribution in [2.75, 3.05) is 14.1 Å². The molecule has 112 valence electrons. The van der Waals surface area contributed by atoms with Crippen LogP contribution in [0.2, 0.25) is 0 Å². The molecule has 0 amide bonds. The second-order valence-electron chi connectivity index (χ2n) is 7.05. The Bertz CT molecular complexity index is 442. The summed E-state index contributed by atoms with van der Waals surface area (Å²) in [6.07, 6.45) is 3.83. The third-order valence-corrected chi connectivity index (χ3v) is 4.65. The largest absolute Gasteiger partial charge is 0.315 e. The Morgan fingerprint density at radius 3 is 2.80 bits per heavy atom. The van der Waals surface area contributed by atoms with Crippen molar-refractivity contribution in [3.63, 3.8) is 0 Å². The summed E-state index contributed by atoms with van der Waals surface area (Å²) in [4.78, 5) is 7.11. The molecule has 3 heteroatoms. The fourth-order valence-corrected chi connectivity index (χ4v) is 3.41. The highest BCUT2D eigenvalue weighted by Gasteiger charge is 2.36. The first-order valence-corrected chi connectivity index (χ1v) is 7.71. The highest BCUT2D eigenvalue weighted by atomic mass is 15.2. The number of pyridine rings is 1. The maximum atomic E-state index is 4.63. The Hall–Kier alpha value is -0.930. The molecule has 0 bridgehead atoms. The predicted molar refractivity (Wildman–Crippen MR) is 84.7 cm³/mol. The summed E-state index contributed by atoms with van der Waals surface area (Å²) in [5.74, 6) is 0. The lowest BCUT2D eigenvalue weighted by Crippen LogP contribution is -2.52. The molecule has 1 aromatic rings. The molecule has 1 N–H and O–H groups in total. The number of aryl methyl sites for hydroxylation is 1. The van der Waals surface area contributed by atoms with E-state index in [1.54, 1.807) is 0 Å². The molecule has 2 atom stereocenters. The van der Waals surface area contributed by atoms with Crippen LogP contribution in [0.1, 0.15) is 44.5 Å². The Morgan fingerprint density at radius 2 is 2.15 bits per heavy atom. The summed E-state index contributed by atoms with van der Waals surface area (Å²) in [5, 5.41) is 3.51. The summed E-state index contributed by atoms with van der Waals surface area (Å²) in [5.41, 5.74) is 2.72. The van der Waals surface area contributed by atoms with E-state index >= 15 is 0 Å². The lowest BCUT2D eigenvalue weighted by molar-refractivity contribution is 0.0796.